The largest absolute Gasteiger partial charge is 0.486 e. The molecule has 3 rings (SSSR count). The predicted octanol–water partition coefficient (Wildman–Crippen LogP) is 1.63. The SMILES string of the molecule is C[C@@H]1NC(=O)OC1c1ccc2c(c1)OCCO2. The van der Waals surface area contributed by atoms with Gasteiger partial charge in [-0.1, -0.05) is 6.07 Å². The van der Waals surface area contributed by atoms with Crippen LogP contribution in [0.1, 0.15) is 18.6 Å². The molecule has 90 valence electrons. The molecule has 1 aromatic rings. The van der Waals surface area contributed by atoms with E-state index in [-0.39, 0.29) is 18.2 Å². The second kappa shape index (κ2) is 3.84. The number of benzene rings is 1. The molecule has 17 heavy (non-hydrogen) atoms. The fourth-order valence-electron chi connectivity index (χ4n) is 2.11. The van der Waals surface area contributed by atoms with Crippen LogP contribution in [0.15, 0.2) is 18.2 Å². The number of alkyl carbamates (subject to hydrolysis) is 1. The summed E-state index contributed by atoms with van der Waals surface area (Å²) in [6.07, 6.45) is -0.643. The Hall–Kier alpha value is -1.91. The number of carbonyl (C=O) groups is 1. The molecule has 1 amide bonds. The van der Waals surface area contributed by atoms with Crippen LogP contribution in [0.25, 0.3) is 0 Å². The standard InChI is InChI=1S/C12H13NO4/c1-7-11(17-12(14)13-7)8-2-3-9-10(6-8)16-5-4-15-9/h2-3,6-7,11H,4-5H2,1H3,(H,13,14)/t7-,11?/m0/s1. The van der Waals surface area contributed by atoms with Crippen molar-refractivity contribution in [3.8, 4) is 11.5 Å². The maximum Gasteiger partial charge on any atom is 0.408 e. The second-order valence-corrected chi connectivity index (χ2v) is 4.16. The first-order valence-corrected chi connectivity index (χ1v) is 5.61. The van der Waals surface area contributed by atoms with E-state index in [1.807, 2.05) is 25.1 Å². The van der Waals surface area contributed by atoms with Crippen molar-refractivity contribution in [1.82, 2.24) is 5.32 Å². The van der Waals surface area contributed by atoms with Crippen LogP contribution in [-0.2, 0) is 4.74 Å². The number of hydrogen-bond donors (Lipinski definition) is 1. The highest BCUT2D eigenvalue weighted by Gasteiger charge is 2.32. The number of hydrogen-bond acceptors (Lipinski definition) is 4. The van der Waals surface area contributed by atoms with Gasteiger partial charge in [0.25, 0.3) is 0 Å². The lowest BCUT2D eigenvalue weighted by Crippen LogP contribution is -2.24. The summed E-state index contributed by atoms with van der Waals surface area (Å²) in [7, 11) is 0. The van der Waals surface area contributed by atoms with E-state index in [0.29, 0.717) is 19.0 Å². The topological polar surface area (TPSA) is 56.8 Å². The van der Waals surface area contributed by atoms with Crippen LogP contribution in [-0.4, -0.2) is 25.3 Å². The number of cyclic esters (lactones) is 1. The van der Waals surface area contributed by atoms with Crippen molar-refractivity contribution >= 4 is 6.09 Å². The molecule has 1 fully saturated rings. The van der Waals surface area contributed by atoms with Crippen LogP contribution >= 0.6 is 0 Å². The molecule has 0 radical (unpaired) electrons. The van der Waals surface area contributed by atoms with Crippen LogP contribution in [0.3, 0.4) is 0 Å². The average molecular weight is 235 g/mol. The number of nitrogens with one attached hydrogen (secondary N) is 1. The molecule has 0 aromatic heterocycles. The number of rotatable bonds is 1. The second-order valence-electron chi connectivity index (χ2n) is 4.16. The average Bonchev–Trinajstić information content (AvgIpc) is 2.68. The molecule has 0 saturated carbocycles. The number of carbonyl (C=O) groups excluding carboxylic acids is 1. The normalized spacial score (nSPS) is 26.3. The summed E-state index contributed by atoms with van der Waals surface area (Å²) < 4.78 is 16.1. The third-order valence-corrected chi connectivity index (χ3v) is 2.93. The van der Waals surface area contributed by atoms with E-state index in [4.69, 9.17) is 14.2 Å². The molecule has 1 saturated heterocycles. The van der Waals surface area contributed by atoms with E-state index in [1.54, 1.807) is 0 Å². The van der Waals surface area contributed by atoms with Gasteiger partial charge in [0.2, 0.25) is 0 Å². The summed E-state index contributed by atoms with van der Waals surface area (Å²) in [4.78, 5) is 11.1. The molecular weight excluding hydrogens is 222 g/mol. The first kappa shape index (κ1) is 10.3. The minimum Gasteiger partial charge on any atom is -0.486 e. The van der Waals surface area contributed by atoms with Crippen LogP contribution in [0.4, 0.5) is 4.79 Å². The highest BCUT2D eigenvalue weighted by Crippen LogP contribution is 2.35. The van der Waals surface area contributed by atoms with Gasteiger partial charge in [-0.05, 0) is 24.6 Å². The number of amides is 1. The lowest BCUT2D eigenvalue weighted by molar-refractivity contribution is 0.132. The van der Waals surface area contributed by atoms with Crippen molar-refractivity contribution in [3.05, 3.63) is 23.8 Å². The molecule has 2 heterocycles. The monoisotopic (exact) mass is 235 g/mol. The zero-order chi connectivity index (χ0) is 11.8. The molecule has 2 aliphatic rings. The van der Waals surface area contributed by atoms with Crippen LogP contribution < -0.4 is 14.8 Å². The Balaban J connectivity index is 1.91. The number of fused-ring (bicyclic) bond motifs is 1. The van der Waals surface area contributed by atoms with E-state index >= 15 is 0 Å². The predicted molar refractivity (Wildman–Crippen MR) is 59.3 cm³/mol. The molecule has 2 aliphatic heterocycles. The summed E-state index contributed by atoms with van der Waals surface area (Å²) >= 11 is 0. The van der Waals surface area contributed by atoms with Crippen molar-refractivity contribution in [2.75, 3.05) is 13.2 Å². The van der Waals surface area contributed by atoms with E-state index < -0.39 is 0 Å². The molecule has 2 atom stereocenters. The zero-order valence-electron chi connectivity index (χ0n) is 9.43. The molecule has 5 heteroatoms. The molecule has 1 unspecified atom stereocenters. The first-order chi connectivity index (χ1) is 8.24. The highest BCUT2D eigenvalue weighted by molar-refractivity contribution is 5.70. The summed E-state index contributed by atoms with van der Waals surface area (Å²) in [5.41, 5.74) is 0.917. The Morgan fingerprint density at radius 2 is 2.00 bits per heavy atom. The van der Waals surface area contributed by atoms with E-state index in [9.17, 15) is 4.79 Å². The van der Waals surface area contributed by atoms with Gasteiger partial charge in [0.05, 0.1) is 6.04 Å². The quantitative estimate of drug-likeness (QED) is 0.803. The van der Waals surface area contributed by atoms with Crippen molar-refractivity contribution < 1.29 is 19.0 Å². The van der Waals surface area contributed by atoms with Gasteiger partial charge in [-0.25, -0.2) is 4.79 Å². The Morgan fingerprint density at radius 1 is 1.24 bits per heavy atom. The van der Waals surface area contributed by atoms with Crippen LogP contribution in [0, 0.1) is 0 Å². The summed E-state index contributed by atoms with van der Waals surface area (Å²) in [5.74, 6) is 1.45. The maximum atomic E-state index is 11.1. The van der Waals surface area contributed by atoms with Crippen molar-refractivity contribution in [2.45, 2.75) is 19.1 Å². The zero-order valence-corrected chi connectivity index (χ0v) is 9.43. The van der Waals surface area contributed by atoms with Gasteiger partial charge >= 0.3 is 6.09 Å². The minimum absolute atomic E-state index is 0.0370. The van der Waals surface area contributed by atoms with Crippen LogP contribution in [0.5, 0.6) is 11.5 Å². The van der Waals surface area contributed by atoms with Gasteiger partial charge in [-0.15, -0.1) is 0 Å². The van der Waals surface area contributed by atoms with Crippen molar-refractivity contribution in [2.24, 2.45) is 0 Å². The fourth-order valence-corrected chi connectivity index (χ4v) is 2.11. The fraction of sp³-hybridized carbons (Fsp3) is 0.417. The number of ether oxygens (including phenoxy) is 3. The molecule has 0 spiro atoms. The Kier molecular flexibility index (Phi) is 2.31. The molecule has 0 bridgehead atoms. The van der Waals surface area contributed by atoms with E-state index in [1.165, 1.54) is 0 Å². The third-order valence-electron chi connectivity index (χ3n) is 2.93. The van der Waals surface area contributed by atoms with Gasteiger partial charge in [0.15, 0.2) is 11.5 Å². The van der Waals surface area contributed by atoms with Crippen molar-refractivity contribution in [3.63, 3.8) is 0 Å². The minimum atomic E-state index is -0.377. The van der Waals surface area contributed by atoms with Gasteiger partial charge in [0.1, 0.15) is 19.3 Å². The Bertz CT molecular complexity index is 460. The third kappa shape index (κ3) is 1.77. The lowest BCUT2D eigenvalue weighted by Gasteiger charge is -2.20. The molecule has 1 N–H and O–H groups in total. The van der Waals surface area contributed by atoms with E-state index in [0.717, 1.165) is 11.3 Å². The Morgan fingerprint density at radius 3 is 2.71 bits per heavy atom. The van der Waals surface area contributed by atoms with E-state index in [2.05, 4.69) is 5.32 Å². The van der Waals surface area contributed by atoms with Gasteiger partial charge in [-0.3, -0.25) is 0 Å². The van der Waals surface area contributed by atoms with Gasteiger partial charge < -0.3 is 19.5 Å². The Labute approximate surface area is 98.7 Å². The highest BCUT2D eigenvalue weighted by atomic mass is 16.6. The maximum absolute atomic E-state index is 11.1. The van der Waals surface area contributed by atoms with Gasteiger partial charge in [-0.2, -0.15) is 0 Å². The van der Waals surface area contributed by atoms with Gasteiger partial charge in [0, 0.05) is 0 Å². The van der Waals surface area contributed by atoms with Crippen LogP contribution in [0.2, 0.25) is 0 Å². The lowest BCUT2D eigenvalue weighted by atomic mass is 10.0. The summed E-state index contributed by atoms with van der Waals surface area (Å²) in [6, 6.07) is 5.58. The molecule has 1 aromatic carbocycles. The smallest absolute Gasteiger partial charge is 0.408 e. The first-order valence-electron chi connectivity index (χ1n) is 5.61. The summed E-state index contributed by atoms with van der Waals surface area (Å²) in [5, 5.41) is 2.71. The molecule has 0 aliphatic carbocycles. The molecule has 5 nitrogen and oxygen atoms in total. The van der Waals surface area contributed by atoms with Crippen molar-refractivity contribution in [1.29, 1.82) is 0 Å². The summed E-state index contributed by atoms with van der Waals surface area (Å²) in [6.45, 7) is 3.03. The molecular formula is C12H13NO4.